The van der Waals surface area contributed by atoms with Gasteiger partial charge in [0.15, 0.2) is 5.82 Å². The summed E-state index contributed by atoms with van der Waals surface area (Å²) in [5.41, 5.74) is -0.495. The molecule has 1 aromatic carbocycles. The zero-order valence-electron chi connectivity index (χ0n) is 11.3. The second-order valence-electron chi connectivity index (χ2n) is 4.18. The van der Waals surface area contributed by atoms with Gasteiger partial charge in [0.25, 0.3) is 15.0 Å². The Balaban J connectivity index is 3.03. The lowest BCUT2D eigenvalue weighted by Crippen LogP contribution is -2.32. The number of hydrogen-bond donors (Lipinski definition) is 1. The van der Waals surface area contributed by atoms with Crippen molar-refractivity contribution in [1.82, 2.24) is 5.32 Å². The number of carbonyl (C=O) groups is 1. The van der Waals surface area contributed by atoms with Crippen molar-refractivity contribution in [3.8, 4) is 0 Å². The molecule has 1 unspecified atom stereocenters. The first kappa shape index (κ1) is 18.2. The van der Waals surface area contributed by atoms with Gasteiger partial charge in [0.1, 0.15) is 4.90 Å². The summed E-state index contributed by atoms with van der Waals surface area (Å²) in [7, 11) is 0.759. The van der Waals surface area contributed by atoms with E-state index in [0.717, 1.165) is 12.1 Å². The summed E-state index contributed by atoms with van der Waals surface area (Å²) in [5, 5.41) is 2.32. The zero-order valence-corrected chi connectivity index (χ0v) is 13.6. The van der Waals surface area contributed by atoms with Crippen LogP contribution in [-0.2, 0) is 13.8 Å². The molecule has 1 amide bonds. The van der Waals surface area contributed by atoms with E-state index in [0.29, 0.717) is 6.61 Å². The quantitative estimate of drug-likeness (QED) is 0.794. The summed E-state index contributed by atoms with van der Waals surface area (Å²) in [5.74, 6) is -2.04. The molecule has 1 atom stereocenters. The Bertz CT molecular complexity index is 636. The van der Waals surface area contributed by atoms with Gasteiger partial charge in [-0.25, -0.2) is 12.8 Å². The number of nitrogens with one attached hydrogen (secondary N) is 1. The normalized spacial score (nSPS) is 13.0. The van der Waals surface area contributed by atoms with Crippen LogP contribution in [0.15, 0.2) is 17.0 Å². The Morgan fingerprint density at radius 2 is 2.10 bits per heavy atom. The molecule has 9 heteroatoms. The predicted octanol–water partition coefficient (Wildman–Crippen LogP) is 2.56. The molecule has 0 saturated carbocycles. The van der Waals surface area contributed by atoms with Gasteiger partial charge in [-0.2, -0.15) is 0 Å². The fourth-order valence-electron chi connectivity index (χ4n) is 1.58. The Hall–Kier alpha value is -0.890. The first-order valence-corrected chi connectivity index (χ1v) is 8.69. The van der Waals surface area contributed by atoms with Crippen molar-refractivity contribution in [3.63, 3.8) is 0 Å². The summed E-state index contributed by atoms with van der Waals surface area (Å²) in [6, 6.07) is 1.88. The van der Waals surface area contributed by atoms with Gasteiger partial charge in [-0.1, -0.05) is 11.6 Å². The van der Waals surface area contributed by atoms with Gasteiger partial charge >= 0.3 is 0 Å². The number of benzene rings is 1. The third-order valence-electron chi connectivity index (χ3n) is 2.51. The molecule has 0 aliphatic heterocycles. The Kier molecular flexibility index (Phi) is 6.40. The van der Waals surface area contributed by atoms with Gasteiger partial charge in [0.2, 0.25) is 0 Å². The highest BCUT2D eigenvalue weighted by atomic mass is 35.7. The van der Waals surface area contributed by atoms with Crippen molar-refractivity contribution in [2.45, 2.75) is 24.8 Å². The smallest absolute Gasteiger partial charge is 0.264 e. The number of hydrogen-bond acceptors (Lipinski definition) is 4. The van der Waals surface area contributed by atoms with Crippen molar-refractivity contribution in [2.75, 3.05) is 13.2 Å². The molecular weight excluding hydrogens is 344 g/mol. The molecule has 0 heterocycles. The van der Waals surface area contributed by atoms with E-state index in [1.807, 2.05) is 0 Å². The molecule has 1 aromatic rings. The van der Waals surface area contributed by atoms with Gasteiger partial charge in [0.05, 0.1) is 11.7 Å². The highest BCUT2D eigenvalue weighted by molar-refractivity contribution is 8.13. The highest BCUT2D eigenvalue weighted by Crippen LogP contribution is 2.26. The van der Waals surface area contributed by atoms with Crippen LogP contribution in [0.25, 0.3) is 0 Å². The van der Waals surface area contributed by atoms with Crippen molar-refractivity contribution >= 4 is 37.2 Å². The molecule has 0 aliphatic carbocycles. The summed E-state index contributed by atoms with van der Waals surface area (Å²) in [6.45, 7) is 4.14. The lowest BCUT2D eigenvalue weighted by molar-refractivity contribution is 0.0693. The van der Waals surface area contributed by atoms with Gasteiger partial charge in [-0.05, 0) is 26.0 Å². The van der Waals surface area contributed by atoms with E-state index in [2.05, 4.69) is 5.32 Å². The van der Waals surface area contributed by atoms with Crippen molar-refractivity contribution in [3.05, 3.63) is 28.5 Å². The van der Waals surface area contributed by atoms with Crippen LogP contribution in [0.2, 0.25) is 5.02 Å². The number of carbonyl (C=O) groups excluding carboxylic acids is 1. The summed E-state index contributed by atoms with van der Waals surface area (Å²) in [6.07, 6.45) is -0.266. The molecule has 0 aromatic heterocycles. The van der Waals surface area contributed by atoms with Gasteiger partial charge < -0.3 is 10.1 Å². The van der Waals surface area contributed by atoms with Crippen molar-refractivity contribution in [1.29, 1.82) is 0 Å². The molecule has 21 heavy (non-hydrogen) atoms. The van der Waals surface area contributed by atoms with E-state index in [1.54, 1.807) is 13.8 Å². The standard InChI is InChI=1S/C12H14Cl2FNO4S/c1-3-20-7(2)6-16-12(17)9-4-8(13)5-10(11(9)15)21(14,18)19/h4-5,7H,3,6H2,1-2H3,(H,16,17). The topological polar surface area (TPSA) is 72.5 Å². The molecule has 5 nitrogen and oxygen atoms in total. The third-order valence-corrected chi connectivity index (χ3v) is 4.05. The molecule has 0 aliphatic rings. The minimum atomic E-state index is -4.34. The molecule has 0 fully saturated rings. The average Bonchev–Trinajstić information content (AvgIpc) is 2.37. The average molecular weight is 358 g/mol. The fraction of sp³-hybridized carbons (Fsp3) is 0.417. The van der Waals surface area contributed by atoms with E-state index in [1.165, 1.54) is 0 Å². The Labute approximate surface area is 131 Å². The summed E-state index contributed by atoms with van der Waals surface area (Å²) < 4.78 is 41.8. The molecule has 118 valence electrons. The van der Waals surface area contributed by atoms with Crippen molar-refractivity contribution in [2.24, 2.45) is 0 Å². The minimum absolute atomic E-state index is 0.112. The van der Waals surface area contributed by atoms with Crippen LogP contribution < -0.4 is 5.32 Å². The van der Waals surface area contributed by atoms with Crippen LogP contribution in [0.1, 0.15) is 24.2 Å². The molecule has 0 radical (unpaired) electrons. The van der Waals surface area contributed by atoms with Crippen LogP contribution in [0, 0.1) is 5.82 Å². The maximum absolute atomic E-state index is 14.1. The number of ether oxygens (including phenoxy) is 1. The van der Waals surface area contributed by atoms with E-state index in [9.17, 15) is 17.6 Å². The molecule has 0 bridgehead atoms. The Morgan fingerprint density at radius 1 is 1.48 bits per heavy atom. The Morgan fingerprint density at radius 3 is 2.62 bits per heavy atom. The SMILES string of the molecule is CCOC(C)CNC(=O)c1cc(Cl)cc(S(=O)(=O)Cl)c1F. The van der Waals surface area contributed by atoms with Gasteiger partial charge in [-0.15, -0.1) is 0 Å². The number of amides is 1. The van der Waals surface area contributed by atoms with E-state index in [4.69, 9.17) is 27.0 Å². The monoisotopic (exact) mass is 357 g/mol. The molecule has 1 N–H and O–H groups in total. The van der Waals surface area contributed by atoms with Gasteiger partial charge in [-0.3, -0.25) is 4.79 Å². The maximum Gasteiger partial charge on any atom is 0.264 e. The lowest BCUT2D eigenvalue weighted by Gasteiger charge is -2.13. The largest absolute Gasteiger partial charge is 0.377 e. The summed E-state index contributed by atoms with van der Waals surface area (Å²) >= 11 is 5.69. The zero-order chi connectivity index (χ0) is 16.2. The minimum Gasteiger partial charge on any atom is -0.377 e. The van der Waals surface area contributed by atoms with Crippen molar-refractivity contribution < 1.29 is 22.3 Å². The second-order valence-corrected chi connectivity index (χ2v) is 7.15. The third kappa shape index (κ3) is 5.10. The summed E-state index contributed by atoms with van der Waals surface area (Å²) in [4.78, 5) is 11.1. The molecular formula is C12H14Cl2FNO4S. The molecule has 0 saturated heterocycles. The first-order chi connectivity index (χ1) is 9.66. The van der Waals surface area contributed by atoms with Crippen LogP contribution in [0.5, 0.6) is 0 Å². The fourth-order valence-corrected chi connectivity index (χ4v) is 2.79. The highest BCUT2D eigenvalue weighted by Gasteiger charge is 2.23. The second kappa shape index (κ2) is 7.40. The van der Waals surface area contributed by atoms with Gasteiger partial charge in [0, 0.05) is 28.9 Å². The lowest BCUT2D eigenvalue weighted by atomic mass is 10.2. The van der Waals surface area contributed by atoms with Crippen LogP contribution in [0.3, 0.4) is 0 Å². The van der Waals surface area contributed by atoms with Crippen LogP contribution in [0.4, 0.5) is 4.39 Å². The molecule has 1 rings (SSSR count). The molecule has 0 spiro atoms. The number of halogens is 3. The predicted molar refractivity (Wildman–Crippen MR) is 77.9 cm³/mol. The number of rotatable bonds is 6. The van der Waals surface area contributed by atoms with E-state index in [-0.39, 0.29) is 17.7 Å². The van der Waals surface area contributed by atoms with Crippen LogP contribution in [-0.4, -0.2) is 33.6 Å². The van der Waals surface area contributed by atoms with E-state index >= 15 is 0 Å². The van der Waals surface area contributed by atoms with E-state index < -0.39 is 31.2 Å². The maximum atomic E-state index is 14.1. The first-order valence-electron chi connectivity index (χ1n) is 6.00. The van der Waals surface area contributed by atoms with Crippen LogP contribution >= 0.6 is 22.3 Å².